The van der Waals surface area contributed by atoms with Crippen LogP contribution in [0.15, 0.2) is 64.6 Å². The van der Waals surface area contributed by atoms with Gasteiger partial charge in [-0.15, -0.1) is 0 Å². The molecule has 0 bridgehead atoms. The van der Waals surface area contributed by atoms with E-state index in [2.05, 4.69) is 9.98 Å². The van der Waals surface area contributed by atoms with Crippen LogP contribution in [0.4, 0.5) is 5.69 Å². The molecular formula is C22H25N5O2. The quantitative estimate of drug-likeness (QED) is 0.779. The molecule has 4 N–H and O–H groups in total. The summed E-state index contributed by atoms with van der Waals surface area (Å²) in [6.45, 7) is 0.202. The first-order valence-electron chi connectivity index (χ1n) is 9.89. The van der Waals surface area contributed by atoms with Crippen molar-refractivity contribution in [3.8, 4) is 0 Å². The van der Waals surface area contributed by atoms with E-state index in [0.29, 0.717) is 11.3 Å². The smallest absolute Gasteiger partial charge is 0.340 e. The molecule has 0 saturated heterocycles. The van der Waals surface area contributed by atoms with E-state index in [1.165, 1.54) is 0 Å². The molecule has 150 valence electrons. The number of carbonyl (C=O) groups is 1. The lowest BCUT2D eigenvalue weighted by molar-refractivity contribution is 0.0473. The molecule has 0 unspecified atom stereocenters. The molecule has 1 spiro atoms. The number of esters is 1. The molecule has 1 saturated carbocycles. The average Bonchev–Trinajstić information content (AvgIpc) is 2.73. The van der Waals surface area contributed by atoms with E-state index < -0.39 is 11.6 Å². The Bertz CT molecular complexity index is 949. The van der Waals surface area contributed by atoms with Crippen molar-refractivity contribution in [3.63, 3.8) is 0 Å². The van der Waals surface area contributed by atoms with Gasteiger partial charge >= 0.3 is 5.97 Å². The number of ether oxygens (including phenoxy) is 1. The van der Waals surface area contributed by atoms with Crippen molar-refractivity contribution in [2.24, 2.45) is 21.5 Å². The molecule has 29 heavy (non-hydrogen) atoms. The van der Waals surface area contributed by atoms with Gasteiger partial charge in [-0.25, -0.2) is 9.79 Å². The standard InChI is InChI=1S/C22H25N5O2/c23-20-25-21(24)27(22(26-20)13-7-2-8-14-22)18-12-6-5-11-17(18)19(28)29-15-16-9-3-1-4-10-16/h1,3-6,9-12H,2,7-8,13-15H2,(H4,23,24,25,26). The summed E-state index contributed by atoms with van der Waals surface area (Å²) in [5.74, 6) is 0.0261. The number of carbonyl (C=O) groups excluding carboxylic acids is 1. The molecule has 1 fully saturated rings. The van der Waals surface area contributed by atoms with Crippen molar-refractivity contribution in [2.75, 3.05) is 4.90 Å². The maximum absolute atomic E-state index is 12.9. The van der Waals surface area contributed by atoms with Crippen LogP contribution in [0.5, 0.6) is 0 Å². The Hall–Kier alpha value is -3.35. The van der Waals surface area contributed by atoms with Crippen molar-refractivity contribution in [1.82, 2.24) is 0 Å². The highest BCUT2D eigenvalue weighted by atomic mass is 16.5. The molecule has 2 aliphatic rings. The first-order valence-corrected chi connectivity index (χ1v) is 9.89. The SMILES string of the molecule is NC1=NC2(CCCCC2)N(c2ccccc2C(=O)OCc2ccccc2)C(N)=N1. The number of nitrogens with zero attached hydrogens (tertiary/aromatic N) is 3. The second-order valence-electron chi connectivity index (χ2n) is 7.40. The first kappa shape index (κ1) is 19.0. The third kappa shape index (κ3) is 3.81. The lowest BCUT2D eigenvalue weighted by Gasteiger charge is -2.46. The van der Waals surface area contributed by atoms with Crippen molar-refractivity contribution in [1.29, 1.82) is 0 Å². The Balaban J connectivity index is 1.66. The zero-order chi connectivity index (χ0) is 20.3. The molecule has 7 nitrogen and oxygen atoms in total. The second kappa shape index (κ2) is 7.95. The van der Waals surface area contributed by atoms with E-state index in [0.717, 1.165) is 37.7 Å². The van der Waals surface area contributed by atoms with Gasteiger partial charge in [0.15, 0.2) is 0 Å². The van der Waals surface area contributed by atoms with Gasteiger partial charge in [-0.2, -0.15) is 4.99 Å². The van der Waals surface area contributed by atoms with Gasteiger partial charge in [-0.3, -0.25) is 4.90 Å². The summed E-state index contributed by atoms with van der Waals surface area (Å²) in [6, 6.07) is 16.9. The molecule has 0 atom stereocenters. The number of nitrogens with two attached hydrogens (primary N) is 2. The number of para-hydroxylation sites is 1. The number of aliphatic imine (C=N–C) groups is 2. The largest absolute Gasteiger partial charge is 0.457 e. The van der Waals surface area contributed by atoms with Gasteiger partial charge in [-0.05, 0) is 43.4 Å². The van der Waals surface area contributed by atoms with Crippen LogP contribution in [0.25, 0.3) is 0 Å². The van der Waals surface area contributed by atoms with Crippen molar-refractivity contribution in [3.05, 3.63) is 65.7 Å². The molecule has 2 aromatic rings. The fourth-order valence-electron chi connectivity index (χ4n) is 4.11. The molecule has 0 amide bonds. The first-order chi connectivity index (χ1) is 14.1. The monoisotopic (exact) mass is 391 g/mol. The van der Waals surface area contributed by atoms with Gasteiger partial charge in [0, 0.05) is 0 Å². The number of hydrogen-bond donors (Lipinski definition) is 2. The van der Waals surface area contributed by atoms with Crippen molar-refractivity contribution < 1.29 is 9.53 Å². The summed E-state index contributed by atoms with van der Waals surface area (Å²) in [7, 11) is 0. The molecular weight excluding hydrogens is 366 g/mol. The lowest BCUT2D eigenvalue weighted by Crippen LogP contribution is -2.58. The second-order valence-corrected chi connectivity index (χ2v) is 7.40. The van der Waals surface area contributed by atoms with Crippen molar-refractivity contribution in [2.45, 2.75) is 44.4 Å². The summed E-state index contributed by atoms with van der Waals surface area (Å²) in [5, 5.41) is 0. The summed E-state index contributed by atoms with van der Waals surface area (Å²) in [6.07, 6.45) is 4.78. The van der Waals surface area contributed by atoms with Crippen LogP contribution in [0.1, 0.15) is 48.0 Å². The predicted octanol–water partition coefficient (Wildman–Crippen LogP) is 3.15. The normalized spacial score (nSPS) is 18.1. The fourth-order valence-corrected chi connectivity index (χ4v) is 4.11. The molecule has 1 aliphatic heterocycles. The van der Waals surface area contributed by atoms with Crippen LogP contribution in [0.3, 0.4) is 0 Å². The van der Waals surface area contributed by atoms with Gasteiger partial charge in [0.05, 0.1) is 11.3 Å². The van der Waals surface area contributed by atoms with E-state index in [9.17, 15) is 4.79 Å². The van der Waals surface area contributed by atoms with Crippen LogP contribution in [0.2, 0.25) is 0 Å². The van der Waals surface area contributed by atoms with Gasteiger partial charge in [-0.1, -0.05) is 48.9 Å². The number of benzene rings is 2. The van der Waals surface area contributed by atoms with E-state index in [-0.39, 0.29) is 18.5 Å². The number of anilines is 1. The van der Waals surface area contributed by atoms with E-state index in [1.807, 2.05) is 53.4 Å². The van der Waals surface area contributed by atoms with E-state index in [4.69, 9.17) is 16.2 Å². The van der Waals surface area contributed by atoms with E-state index >= 15 is 0 Å². The third-order valence-corrected chi connectivity index (χ3v) is 5.43. The number of guanidine groups is 2. The Kier molecular flexibility index (Phi) is 5.20. The minimum Gasteiger partial charge on any atom is -0.457 e. The Labute approximate surface area is 170 Å². The zero-order valence-electron chi connectivity index (χ0n) is 16.3. The average molecular weight is 391 g/mol. The minimum atomic E-state index is -0.607. The van der Waals surface area contributed by atoms with Crippen molar-refractivity contribution >= 4 is 23.6 Å². The van der Waals surface area contributed by atoms with Crippen LogP contribution < -0.4 is 16.4 Å². The van der Waals surface area contributed by atoms with Crippen LogP contribution in [-0.2, 0) is 11.3 Å². The van der Waals surface area contributed by atoms with Crippen LogP contribution >= 0.6 is 0 Å². The molecule has 1 heterocycles. The molecule has 4 rings (SSSR count). The predicted molar refractivity (Wildman–Crippen MR) is 114 cm³/mol. The third-order valence-electron chi connectivity index (χ3n) is 5.43. The fraction of sp³-hybridized carbons (Fsp3) is 0.318. The maximum Gasteiger partial charge on any atom is 0.340 e. The lowest BCUT2D eigenvalue weighted by atomic mass is 9.87. The molecule has 2 aromatic carbocycles. The minimum absolute atomic E-state index is 0.185. The summed E-state index contributed by atoms with van der Waals surface area (Å²) in [5.41, 5.74) is 13.6. The highest BCUT2D eigenvalue weighted by molar-refractivity contribution is 6.09. The Morgan fingerprint density at radius 1 is 1.00 bits per heavy atom. The van der Waals surface area contributed by atoms with Crippen LogP contribution in [-0.4, -0.2) is 23.6 Å². The highest BCUT2D eigenvalue weighted by Crippen LogP contribution is 2.40. The summed E-state index contributed by atoms with van der Waals surface area (Å²) < 4.78 is 5.57. The summed E-state index contributed by atoms with van der Waals surface area (Å²) in [4.78, 5) is 23.7. The molecule has 7 heteroatoms. The number of rotatable bonds is 4. The van der Waals surface area contributed by atoms with Gasteiger partial charge in [0.2, 0.25) is 11.9 Å². The van der Waals surface area contributed by atoms with Gasteiger partial charge in [0.25, 0.3) is 0 Å². The highest BCUT2D eigenvalue weighted by Gasteiger charge is 2.43. The summed E-state index contributed by atoms with van der Waals surface area (Å²) >= 11 is 0. The van der Waals surface area contributed by atoms with E-state index in [1.54, 1.807) is 6.07 Å². The zero-order valence-corrected chi connectivity index (χ0v) is 16.3. The van der Waals surface area contributed by atoms with Crippen LogP contribution in [0, 0.1) is 0 Å². The van der Waals surface area contributed by atoms with Gasteiger partial charge < -0.3 is 16.2 Å². The topological polar surface area (TPSA) is 106 Å². The van der Waals surface area contributed by atoms with Gasteiger partial charge in [0.1, 0.15) is 12.3 Å². The number of hydrogen-bond acceptors (Lipinski definition) is 7. The molecule has 0 radical (unpaired) electrons. The molecule has 0 aromatic heterocycles. The maximum atomic E-state index is 12.9. The Morgan fingerprint density at radius 3 is 2.45 bits per heavy atom. The Morgan fingerprint density at radius 2 is 1.69 bits per heavy atom. The molecule has 1 aliphatic carbocycles.